The molecular weight excluding hydrogens is 322 g/mol. The first-order chi connectivity index (χ1) is 11.5. The minimum atomic E-state index is -1.10. The third-order valence-corrected chi connectivity index (χ3v) is 4.22. The predicted molar refractivity (Wildman–Crippen MR) is 81.9 cm³/mol. The van der Waals surface area contributed by atoms with Gasteiger partial charge in [-0.1, -0.05) is 6.07 Å². The third-order valence-electron chi connectivity index (χ3n) is 4.22. The van der Waals surface area contributed by atoms with Gasteiger partial charge in [0.15, 0.2) is 17.4 Å². The Balaban J connectivity index is 1.83. The molecule has 6 heteroatoms. The first-order valence-electron chi connectivity index (χ1n) is 7.81. The number of benzene rings is 2. The summed E-state index contributed by atoms with van der Waals surface area (Å²) in [7, 11) is 0. The van der Waals surface area contributed by atoms with Crippen LogP contribution >= 0.6 is 0 Å². The predicted octanol–water partition coefficient (Wildman–Crippen LogP) is 4.29. The summed E-state index contributed by atoms with van der Waals surface area (Å²) in [5.41, 5.74) is 1.46. The van der Waals surface area contributed by atoms with Crippen LogP contribution in [0.2, 0.25) is 0 Å². The summed E-state index contributed by atoms with van der Waals surface area (Å²) in [5, 5.41) is 3.24. The number of rotatable bonds is 4. The fourth-order valence-electron chi connectivity index (χ4n) is 3.03. The van der Waals surface area contributed by atoms with Gasteiger partial charge in [-0.15, -0.1) is 0 Å². The molecule has 0 aromatic heterocycles. The highest BCUT2D eigenvalue weighted by Crippen LogP contribution is 2.30. The standard InChI is InChI=1S/C18H17F4NO/c19-13-2-1-12(15(7-13)11-3-5-23-6-4-11)10-24-18-16(21)8-14(20)9-17(18)22/h1-2,7-9,11,23H,3-6,10H2. The van der Waals surface area contributed by atoms with Crippen LogP contribution in [0.3, 0.4) is 0 Å². The van der Waals surface area contributed by atoms with E-state index < -0.39 is 23.2 Å². The molecule has 1 heterocycles. The van der Waals surface area contributed by atoms with Crippen LogP contribution < -0.4 is 10.1 Å². The highest BCUT2D eigenvalue weighted by molar-refractivity contribution is 5.33. The number of piperidine rings is 1. The van der Waals surface area contributed by atoms with Crippen LogP contribution in [-0.4, -0.2) is 13.1 Å². The molecule has 0 saturated carbocycles. The van der Waals surface area contributed by atoms with Crippen LogP contribution in [0.4, 0.5) is 17.6 Å². The van der Waals surface area contributed by atoms with E-state index in [4.69, 9.17) is 4.74 Å². The second-order valence-electron chi connectivity index (χ2n) is 5.85. The van der Waals surface area contributed by atoms with Crippen molar-refractivity contribution >= 4 is 0 Å². The summed E-state index contributed by atoms with van der Waals surface area (Å²) in [6.07, 6.45) is 1.71. The Bertz CT molecular complexity index is 706. The average Bonchev–Trinajstić information content (AvgIpc) is 2.55. The van der Waals surface area contributed by atoms with Gasteiger partial charge in [0.05, 0.1) is 0 Å². The lowest BCUT2D eigenvalue weighted by Crippen LogP contribution is -2.27. The van der Waals surface area contributed by atoms with E-state index >= 15 is 0 Å². The average molecular weight is 339 g/mol. The van der Waals surface area contributed by atoms with Crippen molar-refractivity contribution in [1.82, 2.24) is 5.32 Å². The molecule has 0 aliphatic carbocycles. The van der Waals surface area contributed by atoms with Gasteiger partial charge in [-0.3, -0.25) is 0 Å². The Hall–Kier alpha value is -2.08. The van der Waals surface area contributed by atoms with E-state index in [0.717, 1.165) is 31.5 Å². The van der Waals surface area contributed by atoms with Gasteiger partial charge in [0.25, 0.3) is 0 Å². The van der Waals surface area contributed by atoms with Crippen LogP contribution in [0.1, 0.15) is 29.9 Å². The Morgan fingerprint density at radius 2 is 1.58 bits per heavy atom. The van der Waals surface area contributed by atoms with Crippen LogP contribution in [-0.2, 0) is 6.61 Å². The van der Waals surface area contributed by atoms with Crippen molar-refractivity contribution in [1.29, 1.82) is 0 Å². The maximum Gasteiger partial charge on any atom is 0.191 e. The molecule has 0 radical (unpaired) electrons. The van der Waals surface area contributed by atoms with E-state index in [1.54, 1.807) is 6.07 Å². The molecule has 0 amide bonds. The normalized spacial score (nSPS) is 15.5. The maximum absolute atomic E-state index is 13.7. The number of nitrogens with one attached hydrogen (secondary N) is 1. The van der Waals surface area contributed by atoms with Crippen molar-refractivity contribution in [3.63, 3.8) is 0 Å². The van der Waals surface area contributed by atoms with Crippen LogP contribution in [0, 0.1) is 23.3 Å². The zero-order chi connectivity index (χ0) is 17.1. The van der Waals surface area contributed by atoms with E-state index in [2.05, 4.69) is 5.32 Å². The summed E-state index contributed by atoms with van der Waals surface area (Å²) in [6, 6.07) is 5.44. The molecular formula is C18H17F4NO. The third kappa shape index (κ3) is 3.70. The van der Waals surface area contributed by atoms with Crippen LogP contribution in [0.15, 0.2) is 30.3 Å². The molecule has 3 rings (SSSR count). The Kier molecular flexibility index (Phi) is 5.04. The molecule has 1 fully saturated rings. The molecule has 1 N–H and O–H groups in total. The number of hydrogen-bond donors (Lipinski definition) is 1. The second-order valence-corrected chi connectivity index (χ2v) is 5.85. The van der Waals surface area contributed by atoms with Crippen LogP contribution in [0.25, 0.3) is 0 Å². The monoisotopic (exact) mass is 339 g/mol. The molecule has 2 aromatic rings. The minimum absolute atomic E-state index is 0.112. The fraction of sp³-hybridized carbons (Fsp3) is 0.333. The highest BCUT2D eigenvalue weighted by atomic mass is 19.1. The Morgan fingerprint density at radius 3 is 2.25 bits per heavy atom. The second kappa shape index (κ2) is 7.21. The van der Waals surface area contributed by atoms with E-state index in [0.29, 0.717) is 17.7 Å². The summed E-state index contributed by atoms with van der Waals surface area (Å²) in [5.74, 6) is -4.02. The molecule has 2 aromatic carbocycles. The van der Waals surface area contributed by atoms with Gasteiger partial charge in [-0.25, -0.2) is 17.6 Å². The molecule has 1 aliphatic heterocycles. The SMILES string of the molecule is Fc1cc(F)c(OCc2ccc(F)cc2C2CCNCC2)c(F)c1. The molecule has 0 bridgehead atoms. The van der Waals surface area contributed by atoms with E-state index in [-0.39, 0.29) is 18.3 Å². The van der Waals surface area contributed by atoms with Gasteiger partial charge in [0, 0.05) is 12.1 Å². The van der Waals surface area contributed by atoms with Crippen molar-refractivity contribution in [2.45, 2.75) is 25.4 Å². The molecule has 0 atom stereocenters. The van der Waals surface area contributed by atoms with E-state index in [1.807, 2.05) is 0 Å². The molecule has 1 aliphatic rings. The van der Waals surface area contributed by atoms with Crippen LogP contribution in [0.5, 0.6) is 5.75 Å². The number of hydrogen-bond acceptors (Lipinski definition) is 2. The van der Waals surface area contributed by atoms with Gasteiger partial charge < -0.3 is 10.1 Å². The van der Waals surface area contributed by atoms with Gasteiger partial charge in [-0.05, 0) is 55.1 Å². The largest absolute Gasteiger partial charge is 0.483 e. The fourth-order valence-corrected chi connectivity index (χ4v) is 3.03. The summed E-state index contributed by atoms with van der Waals surface area (Å²) in [6.45, 7) is 1.56. The lowest BCUT2D eigenvalue weighted by atomic mass is 9.87. The van der Waals surface area contributed by atoms with E-state index in [1.165, 1.54) is 12.1 Å². The van der Waals surface area contributed by atoms with Gasteiger partial charge in [0.1, 0.15) is 18.2 Å². The lowest BCUT2D eigenvalue weighted by molar-refractivity contribution is 0.270. The van der Waals surface area contributed by atoms with Crippen molar-refractivity contribution < 1.29 is 22.3 Å². The summed E-state index contributed by atoms with van der Waals surface area (Å²) < 4.78 is 59.1. The van der Waals surface area contributed by atoms with Crippen molar-refractivity contribution in [2.24, 2.45) is 0 Å². The first kappa shape index (κ1) is 16.8. The summed E-state index contributed by atoms with van der Waals surface area (Å²) >= 11 is 0. The van der Waals surface area contributed by atoms with Gasteiger partial charge in [0.2, 0.25) is 0 Å². The lowest BCUT2D eigenvalue weighted by Gasteiger charge is -2.25. The number of halogens is 4. The minimum Gasteiger partial charge on any atom is -0.483 e. The summed E-state index contributed by atoms with van der Waals surface area (Å²) in [4.78, 5) is 0. The molecule has 0 spiro atoms. The van der Waals surface area contributed by atoms with Gasteiger partial charge in [-0.2, -0.15) is 0 Å². The molecule has 24 heavy (non-hydrogen) atoms. The molecule has 128 valence electrons. The zero-order valence-electron chi connectivity index (χ0n) is 12.9. The Morgan fingerprint density at radius 1 is 0.917 bits per heavy atom. The molecule has 0 unspecified atom stereocenters. The Labute approximate surface area is 137 Å². The van der Waals surface area contributed by atoms with Crippen molar-refractivity contribution in [3.05, 3.63) is 64.7 Å². The van der Waals surface area contributed by atoms with E-state index in [9.17, 15) is 17.6 Å². The zero-order valence-corrected chi connectivity index (χ0v) is 12.9. The first-order valence-corrected chi connectivity index (χ1v) is 7.81. The maximum atomic E-state index is 13.7. The topological polar surface area (TPSA) is 21.3 Å². The van der Waals surface area contributed by atoms with Crippen molar-refractivity contribution in [2.75, 3.05) is 13.1 Å². The molecule has 2 nitrogen and oxygen atoms in total. The van der Waals surface area contributed by atoms with Crippen molar-refractivity contribution in [3.8, 4) is 5.75 Å². The smallest absolute Gasteiger partial charge is 0.191 e. The molecule has 1 saturated heterocycles. The number of ether oxygens (including phenoxy) is 1. The van der Waals surface area contributed by atoms with Gasteiger partial charge >= 0.3 is 0 Å². The quantitative estimate of drug-likeness (QED) is 0.839. The highest BCUT2D eigenvalue weighted by Gasteiger charge is 2.20.